The molecule has 0 rings (SSSR count). The molecular formula is C13H23N. The quantitative estimate of drug-likeness (QED) is 0.606. The van der Waals surface area contributed by atoms with Crippen molar-refractivity contribution in [2.75, 3.05) is 0 Å². The zero-order valence-corrected chi connectivity index (χ0v) is 9.72. The molecule has 1 unspecified atom stereocenters. The van der Waals surface area contributed by atoms with Gasteiger partial charge in [-0.1, -0.05) is 30.4 Å². The van der Waals surface area contributed by atoms with E-state index in [4.69, 9.17) is 0 Å². The molecule has 0 bridgehead atoms. The topological polar surface area (TPSA) is 12.0 Å². The van der Waals surface area contributed by atoms with E-state index in [9.17, 15) is 0 Å². The number of allylic oxidation sites excluding steroid dienone is 4. The monoisotopic (exact) mass is 193 g/mol. The zero-order valence-electron chi connectivity index (χ0n) is 9.72. The SMILES string of the molecule is C=CNC(C)CCCC(/C=C\C)=C/C. The minimum Gasteiger partial charge on any atom is -0.389 e. The molecule has 0 heterocycles. The van der Waals surface area contributed by atoms with Crippen molar-refractivity contribution < 1.29 is 0 Å². The predicted molar refractivity (Wildman–Crippen MR) is 65.2 cm³/mol. The van der Waals surface area contributed by atoms with E-state index < -0.39 is 0 Å². The van der Waals surface area contributed by atoms with Gasteiger partial charge in [-0.2, -0.15) is 0 Å². The molecule has 0 radical (unpaired) electrons. The van der Waals surface area contributed by atoms with Crippen LogP contribution in [-0.4, -0.2) is 6.04 Å². The highest BCUT2D eigenvalue weighted by molar-refractivity contribution is 5.16. The average molecular weight is 193 g/mol. The standard InChI is InChI=1S/C13H23N/c1-5-9-13(6-2)11-8-10-12(4)14-7-3/h5-7,9,12,14H,3,8,10-11H2,1-2,4H3/b9-5-,13-6+. The Hall–Kier alpha value is -0.980. The van der Waals surface area contributed by atoms with E-state index in [1.807, 2.05) is 0 Å². The van der Waals surface area contributed by atoms with Crippen LogP contribution in [0.25, 0.3) is 0 Å². The Balaban J connectivity index is 3.66. The number of nitrogens with one attached hydrogen (secondary N) is 1. The summed E-state index contributed by atoms with van der Waals surface area (Å²) in [6, 6.07) is 0.538. The van der Waals surface area contributed by atoms with Crippen molar-refractivity contribution >= 4 is 0 Å². The van der Waals surface area contributed by atoms with Gasteiger partial charge in [0.15, 0.2) is 0 Å². The maximum Gasteiger partial charge on any atom is 0.0227 e. The molecule has 80 valence electrons. The number of hydrogen-bond acceptors (Lipinski definition) is 1. The summed E-state index contributed by atoms with van der Waals surface area (Å²) in [5.41, 5.74) is 1.43. The maximum absolute atomic E-state index is 3.66. The van der Waals surface area contributed by atoms with Gasteiger partial charge in [-0.05, 0) is 46.2 Å². The molecule has 0 aromatic rings. The van der Waals surface area contributed by atoms with Crippen LogP contribution in [0.15, 0.2) is 36.6 Å². The lowest BCUT2D eigenvalue weighted by atomic mass is 10.1. The second kappa shape index (κ2) is 8.61. The van der Waals surface area contributed by atoms with E-state index in [1.165, 1.54) is 24.8 Å². The van der Waals surface area contributed by atoms with Crippen LogP contribution < -0.4 is 5.32 Å². The Bertz CT molecular complexity index is 201. The Morgan fingerprint density at radius 3 is 2.64 bits per heavy atom. The Morgan fingerprint density at radius 1 is 1.43 bits per heavy atom. The molecule has 0 aromatic heterocycles. The van der Waals surface area contributed by atoms with Crippen molar-refractivity contribution in [3.05, 3.63) is 36.6 Å². The Kier molecular flexibility index (Phi) is 8.01. The molecule has 1 N–H and O–H groups in total. The first-order valence-electron chi connectivity index (χ1n) is 5.39. The third-order valence-electron chi connectivity index (χ3n) is 2.26. The second-order valence-electron chi connectivity index (χ2n) is 3.53. The van der Waals surface area contributed by atoms with Gasteiger partial charge < -0.3 is 5.32 Å². The average Bonchev–Trinajstić information content (AvgIpc) is 2.17. The Labute approximate surface area is 88.6 Å². The third kappa shape index (κ3) is 6.53. The highest BCUT2D eigenvalue weighted by atomic mass is 14.9. The first-order chi connectivity index (χ1) is 6.74. The molecule has 1 nitrogen and oxygen atoms in total. The van der Waals surface area contributed by atoms with E-state index in [0.717, 1.165) is 0 Å². The van der Waals surface area contributed by atoms with Crippen LogP contribution in [0.2, 0.25) is 0 Å². The lowest BCUT2D eigenvalue weighted by Gasteiger charge is -2.11. The van der Waals surface area contributed by atoms with E-state index in [1.54, 1.807) is 6.20 Å². The predicted octanol–water partition coefficient (Wildman–Crippen LogP) is 3.80. The maximum atomic E-state index is 3.66. The molecule has 1 heteroatoms. The van der Waals surface area contributed by atoms with Crippen molar-refractivity contribution in [1.82, 2.24) is 5.32 Å². The van der Waals surface area contributed by atoms with Crippen molar-refractivity contribution in [3.8, 4) is 0 Å². The molecule has 0 saturated carbocycles. The lowest BCUT2D eigenvalue weighted by Crippen LogP contribution is -2.19. The van der Waals surface area contributed by atoms with Crippen molar-refractivity contribution in [2.45, 2.75) is 46.1 Å². The molecule has 0 spiro atoms. The molecule has 0 aliphatic carbocycles. The van der Waals surface area contributed by atoms with Crippen LogP contribution >= 0.6 is 0 Å². The van der Waals surface area contributed by atoms with Crippen LogP contribution in [-0.2, 0) is 0 Å². The van der Waals surface area contributed by atoms with Gasteiger partial charge in [-0.25, -0.2) is 0 Å². The van der Waals surface area contributed by atoms with Crippen LogP contribution in [0.5, 0.6) is 0 Å². The highest BCUT2D eigenvalue weighted by Crippen LogP contribution is 2.10. The van der Waals surface area contributed by atoms with Crippen LogP contribution in [0.3, 0.4) is 0 Å². The van der Waals surface area contributed by atoms with E-state index in [0.29, 0.717) is 6.04 Å². The van der Waals surface area contributed by atoms with Crippen molar-refractivity contribution in [1.29, 1.82) is 0 Å². The van der Waals surface area contributed by atoms with Gasteiger partial charge in [0, 0.05) is 6.04 Å². The highest BCUT2D eigenvalue weighted by Gasteiger charge is 1.98. The van der Waals surface area contributed by atoms with Crippen molar-refractivity contribution in [3.63, 3.8) is 0 Å². The Morgan fingerprint density at radius 2 is 2.14 bits per heavy atom. The zero-order chi connectivity index (χ0) is 10.8. The van der Waals surface area contributed by atoms with Crippen LogP contribution in [0.4, 0.5) is 0 Å². The fourth-order valence-corrected chi connectivity index (χ4v) is 1.43. The second-order valence-corrected chi connectivity index (χ2v) is 3.53. The molecular weight excluding hydrogens is 170 g/mol. The fraction of sp³-hybridized carbons (Fsp3) is 0.538. The lowest BCUT2D eigenvalue weighted by molar-refractivity contribution is 0.561. The smallest absolute Gasteiger partial charge is 0.0227 e. The van der Waals surface area contributed by atoms with Gasteiger partial charge in [-0.15, -0.1) is 0 Å². The van der Waals surface area contributed by atoms with Gasteiger partial charge in [0.2, 0.25) is 0 Å². The number of rotatable bonds is 7. The van der Waals surface area contributed by atoms with E-state index in [-0.39, 0.29) is 0 Å². The summed E-state index contributed by atoms with van der Waals surface area (Å²) in [4.78, 5) is 0. The summed E-state index contributed by atoms with van der Waals surface area (Å²) >= 11 is 0. The van der Waals surface area contributed by atoms with Gasteiger partial charge in [-0.3, -0.25) is 0 Å². The normalized spacial score (nSPS) is 14.4. The molecule has 0 aromatic carbocycles. The summed E-state index contributed by atoms with van der Waals surface area (Å²) in [5, 5.41) is 3.20. The van der Waals surface area contributed by atoms with Gasteiger partial charge >= 0.3 is 0 Å². The third-order valence-corrected chi connectivity index (χ3v) is 2.26. The first kappa shape index (κ1) is 13.0. The molecule has 14 heavy (non-hydrogen) atoms. The van der Waals surface area contributed by atoms with Crippen LogP contribution in [0, 0.1) is 0 Å². The molecule has 0 aliphatic rings. The summed E-state index contributed by atoms with van der Waals surface area (Å²) < 4.78 is 0. The molecule has 1 atom stereocenters. The van der Waals surface area contributed by atoms with E-state index in [2.05, 4.69) is 50.9 Å². The molecule has 0 amide bonds. The van der Waals surface area contributed by atoms with Gasteiger partial charge in [0.1, 0.15) is 0 Å². The van der Waals surface area contributed by atoms with Crippen LogP contribution in [0.1, 0.15) is 40.0 Å². The minimum atomic E-state index is 0.538. The summed E-state index contributed by atoms with van der Waals surface area (Å²) in [7, 11) is 0. The van der Waals surface area contributed by atoms with Gasteiger partial charge in [0.25, 0.3) is 0 Å². The number of hydrogen-bond donors (Lipinski definition) is 1. The van der Waals surface area contributed by atoms with E-state index >= 15 is 0 Å². The fourth-order valence-electron chi connectivity index (χ4n) is 1.43. The van der Waals surface area contributed by atoms with Gasteiger partial charge in [0.05, 0.1) is 0 Å². The molecule has 0 fully saturated rings. The summed E-state index contributed by atoms with van der Waals surface area (Å²) in [5.74, 6) is 0. The van der Waals surface area contributed by atoms with Crippen molar-refractivity contribution in [2.24, 2.45) is 0 Å². The summed E-state index contributed by atoms with van der Waals surface area (Å²) in [6.07, 6.45) is 11.8. The molecule has 0 saturated heterocycles. The largest absolute Gasteiger partial charge is 0.389 e. The minimum absolute atomic E-state index is 0.538. The summed E-state index contributed by atoms with van der Waals surface area (Å²) in [6.45, 7) is 10.0. The first-order valence-corrected chi connectivity index (χ1v) is 5.39. The molecule has 0 aliphatic heterocycles.